The van der Waals surface area contributed by atoms with E-state index in [1.54, 1.807) is 24.3 Å². The van der Waals surface area contributed by atoms with Gasteiger partial charge in [-0.3, -0.25) is 0 Å². The van der Waals surface area contributed by atoms with Crippen molar-refractivity contribution in [2.45, 2.75) is 11.4 Å². The Morgan fingerprint density at radius 1 is 1.32 bits per heavy atom. The number of sulfonamides is 1. The Labute approximate surface area is 128 Å². The summed E-state index contributed by atoms with van der Waals surface area (Å²) >= 11 is 0. The maximum atomic E-state index is 12.2. The molecule has 0 amide bonds. The smallest absolute Gasteiger partial charge is 0.330 e. The van der Waals surface area contributed by atoms with Gasteiger partial charge in [0.2, 0.25) is 10.0 Å². The number of esters is 1. The van der Waals surface area contributed by atoms with Gasteiger partial charge in [-0.25, -0.2) is 17.9 Å². The van der Waals surface area contributed by atoms with Crippen LogP contribution in [-0.4, -0.2) is 21.5 Å². The Kier molecular flexibility index (Phi) is 5.13. The van der Waals surface area contributed by atoms with E-state index in [4.69, 9.17) is 4.42 Å². The third kappa shape index (κ3) is 4.31. The first-order chi connectivity index (χ1) is 10.5. The number of nitrogens with one attached hydrogen (secondary N) is 1. The van der Waals surface area contributed by atoms with Gasteiger partial charge in [0.15, 0.2) is 0 Å². The predicted molar refractivity (Wildman–Crippen MR) is 80.2 cm³/mol. The van der Waals surface area contributed by atoms with E-state index >= 15 is 0 Å². The van der Waals surface area contributed by atoms with Crippen LogP contribution in [0.1, 0.15) is 11.3 Å². The van der Waals surface area contributed by atoms with Gasteiger partial charge < -0.3 is 9.15 Å². The summed E-state index contributed by atoms with van der Waals surface area (Å²) in [5, 5.41) is 0. The number of furan rings is 1. The van der Waals surface area contributed by atoms with Crippen molar-refractivity contribution in [1.29, 1.82) is 0 Å². The summed E-state index contributed by atoms with van der Waals surface area (Å²) < 4.78 is 36.4. The molecule has 1 aromatic heterocycles. The van der Waals surface area contributed by atoms with Crippen LogP contribution in [0.25, 0.3) is 6.08 Å². The molecule has 1 aromatic carbocycles. The van der Waals surface area contributed by atoms with Gasteiger partial charge in [-0.15, -0.1) is 0 Å². The second kappa shape index (κ2) is 7.06. The fourth-order valence-electron chi connectivity index (χ4n) is 1.68. The molecule has 116 valence electrons. The molecule has 0 aliphatic carbocycles. The molecule has 0 aliphatic heterocycles. The molecule has 0 aliphatic rings. The summed E-state index contributed by atoms with van der Waals surface area (Å²) in [6, 6.07) is 9.58. The van der Waals surface area contributed by atoms with Crippen molar-refractivity contribution in [3.05, 3.63) is 60.1 Å². The zero-order valence-electron chi connectivity index (χ0n) is 11.9. The SMILES string of the molecule is COC(=O)C=Cc1cccc(S(=O)(=O)NCc2ccco2)c1. The normalized spacial score (nSPS) is 11.7. The van der Waals surface area contributed by atoms with Crippen LogP contribution in [0.15, 0.2) is 58.1 Å². The lowest BCUT2D eigenvalue weighted by atomic mass is 10.2. The van der Waals surface area contributed by atoms with Crippen molar-refractivity contribution in [3.8, 4) is 0 Å². The van der Waals surface area contributed by atoms with Crippen LogP contribution in [0.5, 0.6) is 0 Å². The van der Waals surface area contributed by atoms with Gasteiger partial charge in [-0.2, -0.15) is 0 Å². The molecular formula is C15H15NO5S. The Balaban J connectivity index is 2.13. The van der Waals surface area contributed by atoms with Crippen LogP contribution in [0.2, 0.25) is 0 Å². The Morgan fingerprint density at radius 2 is 2.14 bits per heavy atom. The van der Waals surface area contributed by atoms with Crippen molar-refractivity contribution in [3.63, 3.8) is 0 Å². The monoisotopic (exact) mass is 321 g/mol. The number of hydrogen-bond acceptors (Lipinski definition) is 5. The number of benzene rings is 1. The van der Waals surface area contributed by atoms with Gasteiger partial charge in [-0.05, 0) is 35.9 Å². The van der Waals surface area contributed by atoms with E-state index in [2.05, 4.69) is 9.46 Å². The molecule has 0 bridgehead atoms. The minimum absolute atomic E-state index is 0.0670. The summed E-state index contributed by atoms with van der Waals surface area (Å²) in [4.78, 5) is 11.2. The van der Waals surface area contributed by atoms with E-state index in [0.29, 0.717) is 11.3 Å². The van der Waals surface area contributed by atoms with E-state index < -0.39 is 16.0 Å². The van der Waals surface area contributed by atoms with Gasteiger partial charge in [-0.1, -0.05) is 12.1 Å². The molecule has 0 unspecified atom stereocenters. The van der Waals surface area contributed by atoms with Crippen LogP contribution in [0.3, 0.4) is 0 Å². The molecule has 0 radical (unpaired) electrons. The van der Waals surface area contributed by atoms with E-state index in [0.717, 1.165) is 0 Å². The average Bonchev–Trinajstić information content (AvgIpc) is 3.04. The van der Waals surface area contributed by atoms with Crippen LogP contribution in [0, 0.1) is 0 Å². The van der Waals surface area contributed by atoms with E-state index in [-0.39, 0.29) is 11.4 Å². The van der Waals surface area contributed by atoms with Crippen LogP contribution >= 0.6 is 0 Å². The van der Waals surface area contributed by atoms with E-state index in [1.807, 2.05) is 0 Å². The van der Waals surface area contributed by atoms with Crippen molar-refractivity contribution in [1.82, 2.24) is 4.72 Å². The summed E-state index contributed by atoms with van der Waals surface area (Å²) in [7, 11) is -2.39. The summed E-state index contributed by atoms with van der Waals surface area (Å²) in [5.74, 6) is 0.00882. The summed E-state index contributed by atoms with van der Waals surface area (Å²) in [5.41, 5.74) is 0.575. The molecule has 22 heavy (non-hydrogen) atoms. The zero-order chi connectivity index (χ0) is 16.0. The molecule has 0 spiro atoms. The Bertz CT molecular complexity index is 763. The lowest BCUT2D eigenvalue weighted by molar-refractivity contribution is -0.134. The van der Waals surface area contributed by atoms with Gasteiger partial charge in [0, 0.05) is 6.08 Å². The van der Waals surface area contributed by atoms with E-state index in [1.165, 1.54) is 37.7 Å². The molecule has 1 N–H and O–H groups in total. The van der Waals surface area contributed by atoms with Crippen molar-refractivity contribution in [2.75, 3.05) is 7.11 Å². The van der Waals surface area contributed by atoms with Gasteiger partial charge in [0.25, 0.3) is 0 Å². The quantitative estimate of drug-likeness (QED) is 0.649. The maximum Gasteiger partial charge on any atom is 0.330 e. The Morgan fingerprint density at radius 3 is 2.82 bits per heavy atom. The minimum atomic E-state index is -3.66. The fourth-order valence-corrected chi connectivity index (χ4v) is 2.73. The standard InChI is InChI=1S/C15H15NO5S/c1-20-15(17)8-7-12-4-2-6-14(10-12)22(18,19)16-11-13-5-3-9-21-13/h2-10,16H,11H2,1H3. The molecule has 6 nitrogen and oxygen atoms in total. The third-order valence-corrected chi connectivity index (χ3v) is 4.20. The molecule has 2 aromatic rings. The highest BCUT2D eigenvalue weighted by molar-refractivity contribution is 7.89. The van der Waals surface area contributed by atoms with Crippen LogP contribution in [-0.2, 0) is 26.1 Å². The molecule has 1 heterocycles. The topological polar surface area (TPSA) is 85.6 Å². The molecule has 0 saturated heterocycles. The van der Waals surface area contributed by atoms with Gasteiger partial charge in [0.1, 0.15) is 5.76 Å². The second-order valence-corrected chi connectivity index (χ2v) is 6.10. The van der Waals surface area contributed by atoms with Crippen LogP contribution < -0.4 is 4.72 Å². The Hall–Kier alpha value is -2.38. The number of carbonyl (C=O) groups is 1. The molecule has 2 rings (SSSR count). The number of ether oxygens (including phenoxy) is 1. The highest BCUT2D eigenvalue weighted by Crippen LogP contribution is 2.13. The maximum absolute atomic E-state index is 12.2. The highest BCUT2D eigenvalue weighted by Gasteiger charge is 2.14. The first kappa shape index (κ1) is 16.0. The highest BCUT2D eigenvalue weighted by atomic mass is 32.2. The molecule has 7 heteroatoms. The first-order valence-electron chi connectivity index (χ1n) is 6.39. The largest absolute Gasteiger partial charge is 0.468 e. The predicted octanol–water partition coefficient (Wildman–Crippen LogP) is 1.94. The first-order valence-corrected chi connectivity index (χ1v) is 7.88. The van der Waals surface area contributed by atoms with Gasteiger partial charge in [0.05, 0.1) is 24.8 Å². The molecule has 0 atom stereocenters. The number of rotatable bonds is 6. The average molecular weight is 321 g/mol. The molecule has 0 saturated carbocycles. The van der Waals surface area contributed by atoms with Crippen molar-refractivity contribution >= 4 is 22.1 Å². The van der Waals surface area contributed by atoms with E-state index in [9.17, 15) is 13.2 Å². The fraction of sp³-hybridized carbons (Fsp3) is 0.133. The van der Waals surface area contributed by atoms with Crippen molar-refractivity contribution in [2.24, 2.45) is 0 Å². The summed E-state index contributed by atoms with van der Waals surface area (Å²) in [6.45, 7) is 0.0670. The van der Waals surface area contributed by atoms with Gasteiger partial charge >= 0.3 is 5.97 Å². The number of hydrogen-bond donors (Lipinski definition) is 1. The lowest BCUT2D eigenvalue weighted by Crippen LogP contribution is -2.23. The zero-order valence-corrected chi connectivity index (χ0v) is 12.7. The number of methoxy groups -OCH3 is 1. The number of carbonyl (C=O) groups excluding carboxylic acids is 1. The van der Waals surface area contributed by atoms with Crippen molar-refractivity contribution < 1.29 is 22.4 Å². The third-order valence-electron chi connectivity index (χ3n) is 2.80. The molecular weight excluding hydrogens is 306 g/mol. The summed E-state index contributed by atoms with van der Waals surface area (Å²) in [6.07, 6.45) is 4.18. The molecule has 0 fully saturated rings. The minimum Gasteiger partial charge on any atom is -0.468 e. The van der Waals surface area contributed by atoms with Crippen LogP contribution in [0.4, 0.5) is 0 Å². The lowest BCUT2D eigenvalue weighted by Gasteiger charge is -2.06. The second-order valence-electron chi connectivity index (χ2n) is 4.33.